The van der Waals surface area contributed by atoms with Crippen molar-refractivity contribution in [2.45, 2.75) is 33.4 Å². The van der Waals surface area contributed by atoms with Gasteiger partial charge in [-0.15, -0.1) is 0 Å². The highest BCUT2D eigenvalue weighted by Crippen LogP contribution is 2.38. The molecule has 0 fully saturated rings. The molecular weight excluding hydrogens is 232 g/mol. The normalized spacial score (nSPS) is 19.3. The Morgan fingerprint density at radius 2 is 1.95 bits per heavy atom. The fourth-order valence-electron chi connectivity index (χ4n) is 2.91. The smallest absolute Gasteiger partial charge is 0.0961 e. The quantitative estimate of drug-likeness (QED) is 0.869. The molecule has 1 aliphatic heterocycles. The lowest BCUT2D eigenvalue weighted by atomic mass is 10.0. The average Bonchev–Trinajstić information content (AvgIpc) is 2.43. The standard InChI is InChI=1S/C17H22N2/c1-4-12(2)11-19-13(3)18-15-9-5-7-14-8-6-10-16(19)17(14)15/h5-10,12-13,18H,4,11H2,1-3H3. The topological polar surface area (TPSA) is 15.3 Å². The summed E-state index contributed by atoms with van der Waals surface area (Å²) in [5.41, 5.74) is 2.64. The monoisotopic (exact) mass is 254 g/mol. The van der Waals surface area contributed by atoms with Crippen LogP contribution in [-0.2, 0) is 0 Å². The number of rotatable bonds is 3. The molecule has 1 aliphatic rings. The van der Waals surface area contributed by atoms with Crippen molar-refractivity contribution < 1.29 is 0 Å². The lowest BCUT2D eigenvalue weighted by Gasteiger charge is -2.39. The Labute approximate surface area is 115 Å². The third-order valence-electron chi connectivity index (χ3n) is 4.23. The summed E-state index contributed by atoms with van der Waals surface area (Å²) in [7, 11) is 0. The zero-order chi connectivity index (χ0) is 13.4. The predicted molar refractivity (Wildman–Crippen MR) is 83.8 cm³/mol. The first-order valence-electron chi connectivity index (χ1n) is 7.25. The van der Waals surface area contributed by atoms with Crippen molar-refractivity contribution in [1.29, 1.82) is 0 Å². The second kappa shape index (κ2) is 4.76. The van der Waals surface area contributed by atoms with Crippen LogP contribution in [0.3, 0.4) is 0 Å². The molecule has 0 saturated carbocycles. The maximum absolute atomic E-state index is 3.63. The third kappa shape index (κ3) is 2.05. The second-order valence-corrected chi connectivity index (χ2v) is 5.67. The van der Waals surface area contributed by atoms with Crippen LogP contribution in [0.15, 0.2) is 36.4 Å². The zero-order valence-corrected chi connectivity index (χ0v) is 12.0. The Kier molecular flexibility index (Phi) is 3.09. The molecule has 0 radical (unpaired) electrons. The van der Waals surface area contributed by atoms with Crippen molar-refractivity contribution in [1.82, 2.24) is 0 Å². The van der Waals surface area contributed by atoms with Gasteiger partial charge in [0.2, 0.25) is 0 Å². The molecule has 2 aromatic rings. The number of hydrogen-bond donors (Lipinski definition) is 1. The van der Waals surface area contributed by atoms with E-state index in [-0.39, 0.29) is 0 Å². The number of benzene rings is 2. The van der Waals surface area contributed by atoms with Crippen molar-refractivity contribution in [3.05, 3.63) is 36.4 Å². The maximum atomic E-state index is 3.63. The van der Waals surface area contributed by atoms with Gasteiger partial charge in [-0.25, -0.2) is 0 Å². The van der Waals surface area contributed by atoms with Crippen LogP contribution in [0.5, 0.6) is 0 Å². The minimum atomic E-state index is 0.356. The van der Waals surface area contributed by atoms with Crippen LogP contribution < -0.4 is 10.2 Å². The molecule has 0 bridgehead atoms. The van der Waals surface area contributed by atoms with Crippen LogP contribution >= 0.6 is 0 Å². The lowest BCUT2D eigenvalue weighted by molar-refractivity contribution is 0.522. The Morgan fingerprint density at radius 1 is 1.21 bits per heavy atom. The Bertz CT molecular complexity index is 586. The molecule has 0 aliphatic carbocycles. The largest absolute Gasteiger partial charge is 0.365 e. The number of nitrogens with one attached hydrogen (secondary N) is 1. The summed E-state index contributed by atoms with van der Waals surface area (Å²) in [5, 5.41) is 6.32. The van der Waals surface area contributed by atoms with Gasteiger partial charge >= 0.3 is 0 Å². The molecule has 100 valence electrons. The van der Waals surface area contributed by atoms with Crippen LogP contribution in [0.1, 0.15) is 27.2 Å². The van der Waals surface area contributed by atoms with Gasteiger partial charge in [-0.1, -0.05) is 44.5 Å². The van der Waals surface area contributed by atoms with Crippen molar-refractivity contribution in [3.8, 4) is 0 Å². The van der Waals surface area contributed by atoms with Crippen molar-refractivity contribution in [2.75, 3.05) is 16.8 Å². The highest BCUT2D eigenvalue weighted by Gasteiger charge is 2.24. The van der Waals surface area contributed by atoms with E-state index in [2.05, 4.69) is 67.4 Å². The first-order chi connectivity index (χ1) is 9.20. The molecule has 19 heavy (non-hydrogen) atoms. The molecule has 2 nitrogen and oxygen atoms in total. The minimum absolute atomic E-state index is 0.356. The molecule has 0 spiro atoms. The van der Waals surface area contributed by atoms with E-state index in [0.717, 1.165) is 6.54 Å². The molecule has 3 rings (SSSR count). The van der Waals surface area contributed by atoms with Crippen LogP contribution in [0.2, 0.25) is 0 Å². The number of hydrogen-bond acceptors (Lipinski definition) is 2. The van der Waals surface area contributed by atoms with Gasteiger partial charge in [0, 0.05) is 23.3 Å². The second-order valence-electron chi connectivity index (χ2n) is 5.67. The first kappa shape index (κ1) is 12.3. The van der Waals surface area contributed by atoms with E-state index in [4.69, 9.17) is 0 Å². The summed E-state index contributed by atoms with van der Waals surface area (Å²) in [5.74, 6) is 0.713. The fraction of sp³-hybridized carbons (Fsp3) is 0.412. The zero-order valence-electron chi connectivity index (χ0n) is 12.0. The van der Waals surface area contributed by atoms with E-state index in [0.29, 0.717) is 12.1 Å². The highest BCUT2D eigenvalue weighted by molar-refractivity contribution is 6.05. The molecule has 0 saturated heterocycles. The summed E-state index contributed by atoms with van der Waals surface area (Å²) in [6, 6.07) is 13.1. The van der Waals surface area contributed by atoms with Crippen molar-refractivity contribution in [2.24, 2.45) is 5.92 Å². The maximum Gasteiger partial charge on any atom is 0.0961 e. The van der Waals surface area contributed by atoms with E-state index in [9.17, 15) is 0 Å². The van der Waals surface area contributed by atoms with Gasteiger partial charge in [-0.2, -0.15) is 0 Å². The van der Waals surface area contributed by atoms with Crippen LogP contribution in [0.25, 0.3) is 10.8 Å². The molecule has 2 atom stereocenters. The predicted octanol–water partition coefficient (Wildman–Crippen LogP) is 4.46. The van der Waals surface area contributed by atoms with Crippen LogP contribution in [0.4, 0.5) is 11.4 Å². The molecule has 0 aromatic heterocycles. The summed E-state index contributed by atoms with van der Waals surface area (Å²) in [6.07, 6.45) is 1.58. The summed E-state index contributed by atoms with van der Waals surface area (Å²) in [4.78, 5) is 2.50. The molecule has 1 heterocycles. The molecule has 2 unspecified atom stereocenters. The van der Waals surface area contributed by atoms with E-state index in [1.54, 1.807) is 0 Å². The summed E-state index contributed by atoms with van der Waals surface area (Å²) in [6.45, 7) is 7.95. The summed E-state index contributed by atoms with van der Waals surface area (Å²) >= 11 is 0. The molecular formula is C17H22N2. The Balaban J connectivity index is 2.11. The van der Waals surface area contributed by atoms with Gasteiger partial charge < -0.3 is 10.2 Å². The number of anilines is 2. The SMILES string of the molecule is CCC(C)CN1c2cccc3cccc(c23)NC1C. The van der Waals surface area contributed by atoms with Crippen molar-refractivity contribution >= 4 is 22.1 Å². The lowest BCUT2D eigenvalue weighted by Crippen LogP contribution is -2.43. The van der Waals surface area contributed by atoms with Gasteiger partial charge in [-0.3, -0.25) is 0 Å². The van der Waals surface area contributed by atoms with Gasteiger partial charge in [0.1, 0.15) is 0 Å². The average molecular weight is 254 g/mol. The van der Waals surface area contributed by atoms with Gasteiger partial charge in [-0.05, 0) is 30.4 Å². The van der Waals surface area contributed by atoms with Gasteiger partial charge in [0.25, 0.3) is 0 Å². The highest BCUT2D eigenvalue weighted by atomic mass is 15.3. The minimum Gasteiger partial charge on any atom is -0.365 e. The molecule has 2 heteroatoms. The van der Waals surface area contributed by atoms with E-state index < -0.39 is 0 Å². The van der Waals surface area contributed by atoms with Crippen LogP contribution in [0, 0.1) is 5.92 Å². The van der Waals surface area contributed by atoms with Crippen molar-refractivity contribution in [3.63, 3.8) is 0 Å². The van der Waals surface area contributed by atoms with E-state index in [1.165, 1.54) is 28.6 Å². The fourth-order valence-corrected chi connectivity index (χ4v) is 2.91. The van der Waals surface area contributed by atoms with E-state index in [1.807, 2.05) is 0 Å². The van der Waals surface area contributed by atoms with Gasteiger partial charge in [0.15, 0.2) is 0 Å². The first-order valence-corrected chi connectivity index (χ1v) is 7.25. The van der Waals surface area contributed by atoms with Gasteiger partial charge in [0.05, 0.1) is 6.17 Å². The number of nitrogens with zero attached hydrogens (tertiary/aromatic N) is 1. The third-order valence-corrected chi connectivity index (χ3v) is 4.23. The Hall–Kier alpha value is -1.70. The van der Waals surface area contributed by atoms with E-state index >= 15 is 0 Å². The molecule has 2 aromatic carbocycles. The summed E-state index contributed by atoms with van der Waals surface area (Å²) < 4.78 is 0. The van der Waals surface area contributed by atoms with Crippen LogP contribution in [-0.4, -0.2) is 12.7 Å². The Morgan fingerprint density at radius 3 is 2.68 bits per heavy atom. The molecule has 1 N–H and O–H groups in total. The molecule has 0 amide bonds.